The molecular formula is C47H51N7O12. The van der Waals surface area contributed by atoms with E-state index in [0.717, 1.165) is 61.0 Å². The molecule has 8 amide bonds. The molecule has 346 valence electrons. The van der Waals surface area contributed by atoms with Crippen molar-refractivity contribution in [1.29, 1.82) is 0 Å². The smallest absolute Gasteiger partial charge is 0.273 e. The van der Waals surface area contributed by atoms with Gasteiger partial charge in [-0.05, 0) is 79.6 Å². The van der Waals surface area contributed by atoms with Gasteiger partial charge in [0.15, 0.2) is 24.7 Å². The number of nitrogens with zero attached hydrogens (tertiary/aromatic N) is 3. The van der Waals surface area contributed by atoms with E-state index in [1.807, 2.05) is 18.2 Å². The Bertz CT molecular complexity index is 2550. The molecule has 0 radical (unpaired) electrons. The minimum Gasteiger partial charge on any atom is -0.507 e. The molecule has 1 fully saturated rings. The summed E-state index contributed by atoms with van der Waals surface area (Å²) in [5, 5.41) is 25.0. The van der Waals surface area contributed by atoms with E-state index >= 15 is 0 Å². The fourth-order valence-corrected chi connectivity index (χ4v) is 8.13. The number of piperidine rings is 1. The quantitative estimate of drug-likeness (QED) is 0.0632. The molecular weight excluding hydrogens is 855 g/mol. The summed E-state index contributed by atoms with van der Waals surface area (Å²) in [6.07, 6.45) is 5.82. The lowest BCUT2D eigenvalue weighted by molar-refractivity contribution is -0.136. The standard InChI is InChI=1S/C47H51N7O12/c1-53(2)45(61)31-16-14-28(21-36(31)55)38-23-34(52-66-38)43(59)50-24-29-12-11-27-13-15-30(22-33(27)29)64-25-40(57)48-19-6-4-3-5-7-20-49-41(58)26-65-37-10-8-9-32-42(37)47(63)54(46(32)62)35-17-18-39(56)51-44(35)60/h8-10,13-16,21-23,29,35,55H,3-7,11-12,17-20,24-26H2,1-2H3,(H,48,57)(H,49,58)(H,50,59)(H,51,56,60). The van der Waals surface area contributed by atoms with Crippen molar-refractivity contribution >= 4 is 47.3 Å². The van der Waals surface area contributed by atoms with Crippen LogP contribution >= 0.6 is 0 Å². The first-order valence-corrected chi connectivity index (χ1v) is 21.9. The number of carbonyl (C=O) groups excluding carboxylic acids is 8. The number of benzene rings is 3. The lowest BCUT2D eigenvalue weighted by Gasteiger charge is -2.27. The van der Waals surface area contributed by atoms with E-state index in [9.17, 15) is 43.5 Å². The van der Waals surface area contributed by atoms with E-state index in [2.05, 4.69) is 26.4 Å². The molecule has 2 unspecified atom stereocenters. The summed E-state index contributed by atoms with van der Waals surface area (Å²) in [6.45, 7) is 0.734. The molecule has 0 bridgehead atoms. The first-order chi connectivity index (χ1) is 31.8. The van der Waals surface area contributed by atoms with Gasteiger partial charge in [0.05, 0.1) is 16.7 Å². The Morgan fingerprint density at radius 2 is 1.56 bits per heavy atom. The molecule has 4 aromatic rings. The molecule has 3 heterocycles. The highest BCUT2D eigenvalue weighted by molar-refractivity contribution is 6.24. The van der Waals surface area contributed by atoms with E-state index in [4.69, 9.17) is 14.0 Å². The Kier molecular flexibility index (Phi) is 14.7. The molecule has 1 aliphatic carbocycles. The van der Waals surface area contributed by atoms with E-state index in [1.54, 1.807) is 20.2 Å². The number of amides is 8. The molecule has 1 saturated heterocycles. The minimum absolute atomic E-state index is 0.00398. The third kappa shape index (κ3) is 10.8. The first-order valence-electron chi connectivity index (χ1n) is 21.9. The lowest BCUT2D eigenvalue weighted by atomic mass is 10.0. The number of unbranched alkanes of at least 4 members (excludes halogenated alkanes) is 4. The van der Waals surface area contributed by atoms with Crippen LogP contribution in [0.2, 0.25) is 0 Å². The highest BCUT2D eigenvalue weighted by atomic mass is 16.5. The summed E-state index contributed by atoms with van der Waals surface area (Å²) >= 11 is 0. The number of aromatic hydroxyl groups is 1. The summed E-state index contributed by atoms with van der Waals surface area (Å²) in [7, 11) is 3.17. The van der Waals surface area contributed by atoms with Crippen molar-refractivity contribution in [3.8, 4) is 28.6 Å². The number of phenolic OH excluding ortho intramolecular Hbond substituents is 1. The van der Waals surface area contributed by atoms with Gasteiger partial charge >= 0.3 is 0 Å². The van der Waals surface area contributed by atoms with Gasteiger partial charge in [0.1, 0.15) is 23.3 Å². The predicted octanol–water partition coefficient (Wildman–Crippen LogP) is 3.25. The molecule has 0 spiro atoms. The minimum atomic E-state index is -1.11. The topological polar surface area (TPSA) is 256 Å². The van der Waals surface area contributed by atoms with Gasteiger partial charge in [-0.25, -0.2) is 0 Å². The van der Waals surface area contributed by atoms with Crippen LogP contribution in [-0.4, -0.2) is 120 Å². The average Bonchev–Trinajstić information content (AvgIpc) is 4.02. The number of rotatable bonds is 20. The number of aryl methyl sites for hydroxylation is 1. The van der Waals surface area contributed by atoms with Crippen molar-refractivity contribution in [1.82, 2.24) is 36.2 Å². The van der Waals surface area contributed by atoms with Crippen molar-refractivity contribution in [3.05, 3.63) is 94.2 Å². The number of ether oxygens (including phenoxy) is 2. The maximum Gasteiger partial charge on any atom is 0.273 e. The number of hydrogen-bond donors (Lipinski definition) is 5. The zero-order chi connectivity index (χ0) is 46.9. The SMILES string of the molecule is CN(C)C(=O)c1ccc(-c2cc(C(=O)NCC3CCc4ccc(OCC(=O)NCCCCCCCNC(=O)COc5cccc6c5C(=O)N(C5CCC(=O)NC5=O)C6=O)cc43)no2)cc1O. The van der Waals surface area contributed by atoms with Crippen molar-refractivity contribution in [2.24, 2.45) is 0 Å². The van der Waals surface area contributed by atoms with Crippen molar-refractivity contribution in [2.75, 3.05) is 46.9 Å². The van der Waals surface area contributed by atoms with E-state index < -0.39 is 41.5 Å². The Labute approximate surface area is 379 Å². The number of nitrogens with one attached hydrogen (secondary N) is 4. The van der Waals surface area contributed by atoms with Gasteiger partial charge < -0.3 is 40.0 Å². The second-order valence-corrected chi connectivity index (χ2v) is 16.5. The second kappa shape index (κ2) is 21.0. The zero-order valence-electron chi connectivity index (χ0n) is 36.6. The molecule has 19 nitrogen and oxygen atoms in total. The number of imide groups is 2. The number of hydrogen-bond acceptors (Lipinski definition) is 13. The van der Waals surface area contributed by atoms with Crippen LogP contribution in [0.3, 0.4) is 0 Å². The van der Waals surface area contributed by atoms with Crippen LogP contribution in [0.4, 0.5) is 0 Å². The van der Waals surface area contributed by atoms with Gasteiger partial charge in [-0.2, -0.15) is 0 Å². The van der Waals surface area contributed by atoms with Crippen LogP contribution in [-0.2, 0) is 25.6 Å². The van der Waals surface area contributed by atoms with Gasteiger partial charge in [-0.1, -0.05) is 42.6 Å². The molecule has 0 saturated carbocycles. The number of phenols is 1. The van der Waals surface area contributed by atoms with Crippen molar-refractivity contribution in [2.45, 2.75) is 69.7 Å². The summed E-state index contributed by atoms with van der Waals surface area (Å²) in [5.41, 5.74) is 2.90. The summed E-state index contributed by atoms with van der Waals surface area (Å²) < 4.78 is 16.8. The molecule has 7 rings (SSSR count). The van der Waals surface area contributed by atoms with Crippen molar-refractivity contribution < 1.29 is 57.5 Å². The Hall–Kier alpha value is -7.57. The molecule has 5 N–H and O–H groups in total. The van der Waals surface area contributed by atoms with E-state index in [1.165, 1.54) is 41.3 Å². The fraction of sp³-hybridized carbons (Fsp3) is 0.383. The molecule has 66 heavy (non-hydrogen) atoms. The van der Waals surface area contributed by atoms with Crippen LogP contribution < -0.4 is 30.7 Å². The number of aromatic nitrogens is 1. The van der Waals surface area contributed by atoms with Gasteiger partial charge in [-0.15, -0.1) is 0 Å². The molecule has 2 aliphatic heterocycles. The zero-order valence-corrected chi connectivity index (χ0v) is 36.6. The largest absolute Gasteiger partial charge is 0.507 e. The third-order valence-electron chi connectivity index (χ3n) is 11.6. The highest BCUT2D eigenvalue weighted by Crippen LogP contribution is 2.36. The monoisotopic (exact) mass is 905 g/mol. The Morgan fingerprint density at radius 3 is 2.27 bits per heavy atom. The molecule has 19 heteroatoms. The summed E-state index contributed by atoms with van der Waals surface area (Å²) in [5.74, 6) is -3.28. The van der Waals surface area contributed by atoms with Crippen LogP contribution in [0.25, 0.3) is 11.3 Å². The lowest BCUT2D eigenvalue weighted by Crippen LogP contribution is -2.54. The third-order valence-corrected chi connectivity index (χ3v) is 11.6. The summed E-state index contributed by atoms with van der Waals surface area (Å²) in [6, 6.07) is 15.0. The van der Waals surface area contributed by atoms with E-state index in [0.29, 0.717) is 30.9 Å². The van der Waals surface area contributed by atoms with Gasteiger partial charge in [0, 0.05) is 57.7 Å². The summed E-state index contributed by atoms with van der Waals surface area (Å²) in [4.78, 5) is 103. The van der Waals surface area contributed by atoms with Crippen molar-refractivity contribution in [3.63, 3.8) is 0 Å². The molecule has 1 aromatic heterocycles. The molecule has 3 aliphatic rings. The molecule has 2 atom stereocenters. The normalized spacial score (nSPS) is 16.3. The van der Waals surface area contributed by atoms with Gasteiger partial charge in [0.2, 0.25) is 11.8 Å². The number of fused-ring (bicyclic) bond motifs is 2. The van der Waals surface area contributed by atoms with E-state index in [-0.39, 0.29) is 83.4 Å². The maximum atomic E-state index is 13.2. The van der Waals surface area contributed by atoms with Gasteiger partial charge in [-0.3, -0.25) is 48.6 Å². The predicted molar refractivity (Wildman–Crippen MR) is 235 cm³/mol. The van der Waals surface area contributed by atoms with Crippen LogP contribution in [0.5, 0.6) is 17.2 Å². The Balaban J connectivity index is 0.746. The van der Waals surface area contributed by atoms with Gasteiger partial charge in [0.25, 0.3) is 35.4 Å². The maximum absolute atomic E-state index is 13.2. The number of carbonyl (C=O) groups is 8. The highest BCUT2D eigenvalue weighted by Gasteiger charge is 2.46. The van der Waals surface area contributed by atoms with Crippen LogP contribution in [0.1, 0.15) is 110 Å². The Morgan fingerprint density at radius 1 is 0.833 bits per heavy atom. The van der Waals surface area contributed by atoms with Crippen LogP contribution in [0.15, 0.2) is 65.2 Å². The van der Waals surface area contributed by atoms with Crippen LogP contribution in [0, 0.1) is 0 Å². The average molecular weight is 906 g/mol. The fourth-order valence-electron chi connectivity index (χ4n) is 8.13. The first kappa shape index (κ1) is 46.4. The second-order valence-electron chi connectivity index (χ2n) is 16.5. The molecule has 3 aromatic carbocycles.